The average Bonchev–Trinajstić information content (AvgIpc) is 2.17. The Bertz CT molecular complexity index is 331. The molecule has 2 rings (SSSR count). The van der Waals surface area contributed by atoms with Crippen molar-refractivity contribution >= 4 is 5.95 Å². The van der Waals surface area contributed by atoms with Crippen molar-refractivity contribution in [1.29, 1.82) is 0 Å². The molecule has 1 aliphatic rings. The largest absolute Gasteiger partial charge is 0.393 e. The number of anilines is 1. The quantitative estimate of drug-likeness (QED) is 0.755. The summed E-state index contributed by atoms with van der Waals surface area (Å²) in [6.45, 7) is 1.88. The van der Waals surface area contributed by atoms with Crippen LogP contribution in [0.5, 0.6) is 0 Å². The fraction of sp³-hybridized carbons (Fsp3) is 0.700. The number of rotatable bonds is 2. The number of hydrogen-bond acceptors (Lipinski definition) is 5. The molecule has 2 N–H and O–H groups in total. The summed E-state index contributed by atoms with van der Waals surface area (Å²) in [5.41, 5.74) is 0.851. The number of aryl methyl sites for hydroxylation is 1. The zero-order chi connectivity index (χ0) is 10.7. The predicted octanol–water partition coefficient (Wildman–Crippen LogP) is 0.895. The van der Waals surface area contributed by atoms with E-state index >= 15 is 0 Å². The highest BCUT2D eigenvalue weighted by atomic mass is 16.3. The first-order valence-electron chi connectivity index (χ1n) is 5.35. The average molecular weight is 208 g/mol. The summed E-state index contributed by atoms with van der Waals surface area (Å²) in [4.78, 5) is 4.23. The van der Waals surface area contributed by atoms with Crippen molar-refractivity contribution in [1.82, 2.24) is 15.2 Å². The van der Waals surface area contributed by atoms with E-state index < -0.39 is 0 Å². The topological polar surface area (TPSA) is 70.9 Å². The minimum atomic E-state index is -0.186. The molecule has 0 radical (unpaired) electrons. The lowest BCUT2D eigenvalue weighted by Crippen LogP contribution is -2.30. The van der Waals surface area contributed by atoms with E-state index in [-0.39, 0.29) is 12.1 Å². The van der Waals surface area contributed by atoms with Gasteiger partial charge in [-0.05, 0) is 32.6 Å². The normalized spacial score (nSPS) is 26.3. The standard InChI is InChI=1S/C10H16N4O/c1-7-6-11-14-10(12-7)13-8-3-2-4-9(15)5-8/h6,8-9,15H,2-5H2,1H3,(H,12,13,14)/t8-,9+/m1/s1. The molecule has 2 atom stereocenters. The van der Waals surface area contributed by atoms with Gasteiger partial charge in [-0.1, -0.05) is 0 Å². The predicted molar refractivity (Wildman–Crippen MR) is 56.4 cm³/mol. The van der Waals surface area contributed by atoms with E-state index in [2.05, 4.69) is 20.5 Å². The fourth-order valence-corrected chi connectivity index (χ4v) is 1.92. The second kappa shape index (κ2) is 4.53. The minimum absolute atomic E-state index is 0.186. The smallest absolute Gasteiger partial charge is 0.243 e. The molecule has 0 bridgehead atoms. The van der Waals surface area contributed by atoms with Crippen LogP contribution >= 0.6 is 0 Å². The van der Waals surface area contributed by atoms with Crippen LogP contribution in [0.1, 0.15) is 31.4 Å². The van der Waals surface area contributed by atoms with Gasteiger partial charge in [0.2, 0.25) is 5.95 Å². The third-order valence-electron chi connectivity index (χ3n) is 2.66. The molecule has 1 saturated carbocycles. The zero-order valence-corrected chi connectivity index (χ0v) is 8.85. The monoisotopic (exact) mass is 208 g/mol. The maximum absolute atomic E-state index is 9.52. The van der Waals surface area contributed by atoms with Crippen molar-refractivity contribution in [2.24, 2.45) is 0 Å². The molecule has 0 aromatic carbocycles. The van der Waals surface area contributed by atoms with Gasteiger partial charge >= 0.3 is 0 Å². The maximum atomic E-state index is 9.52. The Balaban J connectivity index is 1.96. The summed E-state index contributed by atoms with van der Waals surface area (Å²) in [6.07, 6.45) is 5.24. The van der Waals surface area contributed by atoms with Crippen molar-refractivity contribution < 1.29 is 5.11 Å². The Morgan fingerprint density at radius 2 is 2.33 bits per heavy atom. The molecule has 15 heavy (non-hydrogen) atoms. The molecule has 0 unspecified atom stereocenters. The SMILES string of the molecule is Cc1cnnc(N[C@@H]2CCC[C@H](O)C2)n1. The highest BCUT2D eigenvalue weighted by molar-refractivity contribution is 5.24. The van der Waals surface area contributed by atoms with Gasteiger partial charge in [-0.25, -0.2) is 4.98 Å². The molecule has 1 fully saturated rings. The number of aromatic nitrogens is 3. The molecule has 0 spiro atoms. The Kier molecular flexibility index (Phi) is 3.11. The molecule has 1 heterocycles. The Morgan fingerprint density at radius 1 is 1.47 bits per heavy atom. The molecule has 1 aromatic rings. The first kappa shape index (κ1) is 10.3. The van der Waals surface area contributed by atoms with Gasteiger partial charge in [0.25, 0.3) is 0 Å². The molecule has 82 valence electrons. The number of nitrogens with zero attached hydrogens (tertiary/aromatic N) is 3. The van der Waals surface area contributed by atoms with Crippen LogP contribution < -0.4 is 5.32 Å². The molecule has 1 aromatic heterocycles. The summed E-state index contributed by atoms with van der Waals surface area (Å²) in [5, 5.41) is 20.5. The van der Waals surface area contributed by atoms with Gasteiger partial charge in [0, 0.05) is 6.04 Å². The molecule has 0 aliphatic heterocycles. The number of nitrogens with one attached hydrogen (secondary N) is 1. The van der Waals surface area contributed by atoms with Crippen molar-refractivity contribution in [3.05, 3.63) is 11.9 Å². The van der Waals surface area contributed by atoms with Crippen LogP contribution in [0.4, 0.5) is 5.95 Å². The lowest BCUT2D eigenvalue weighted by Gasteiger charge is -2.26. The Morgan fingerprint density at radius 3 is 3.07 bits per heavy atom. The summed E-state index contributed by atoms with van der Waals surface area (Å²) >= 11 is 0. The molecular weight excluding hydrogens is 192 g/mol. The van der Waals surface area contributed by atoms with Crippen LogP contribution in [0, 0.1) is 6.92 Å². The van der Waals surface area contributed by atoms with Crippen LogP contribution in [0.3, 0.4) is 0 Å². The lowest BCUT2D eigenvalue weighted by atomic mass is 9.93. The summed E-state index contributed by atoms with van der Waals surface area (Å²) in [5.74, 6) is 0.564. The van der Waals surface area contributed by atoms with Crippen LogP contribution in [0.15, 0.2) is 6.20 Å². The highest BCUT2D eigenvalue weighted by Gasteiger charge is 2.20. The molecule has 0 saturated heterocycles. The van der Waals surface area contributed by atoms with E-state index in [0.717, 1.165) is 31.4 Å². The van der Waals surface area contributed by atoms with Gasteiger partial charge in [0.1, 0.15) is 0 Å². The first-order chi connectivity index (χ1) is 7.24. The molecule has 0 amide bonds. The Labute approximate surface area is 89.0 Å². The molecular formula is C10H16N4O. The number of aliphatic hydroxyl groups excluding tert-OH is 1. The third kappa shape index (κ3) is 2.86. The highest BCUT2D eigenvalue weighted by Crippen LogP contribution is 2.20. The van der Waals surface area contributed by atoms with E-state index in [1.54, 1.807) is 6.20 Å². The van der Waals surface area contributed by atoms with Crippen molar-refractivity contribution in [3.63, 3.8) is 0 Å². The van der Waals surface area contributed by atoms with E-state index in [0.29, 0.717) is 5.95 Å². The van der Waals surface area contributed by atoms with Crippen LogP contribution in [-0.2, 0) is 0 Å². The third-order valence-corrected chi connectivity index (χ3v) is 2.66. The van der Waals surface area contributed by atoms with Gasteiger partial charge < -0.3 is 10.4 Å². The second-order valence-corrected chi connectivity index (χ2v) is 4.08. The van der Waals surface area contributed by atoms with E-state index in [1.165, 1.54) is 0 Å². The van der Waals surface area contributed by atoms with Gasteiger partial charge in [-0.2, -0.15) is 5.10 Å². The second-order valence-electron chi connectivity index (χ2n) is 4.08. The maximum Gasteiger partial charge on any atom is 0.243 e. The van der Waals surface area contributed by atoms with Gasteiger partial charge in [-0.3, -0.25) is 0 Å². The van der Waals surface area contributed by atoms with Gasteiger partial charge in [-0.15, -0.1) is 5.10 Å². The molecule has 5 nitrogen and oxygen atoms in total. The summed E-state index contributed by atoms with van der Waals surface area (Å²) in [7, 11) is 0. The van der Waals surface area contributed by atoms with E-state index in [4.69, 9.17) is 0 Å². The van der Waals surface area contributed by atoms with Crippen LogP contribution in [-0.4, -0.2) is 32.4 Å². The minimum Gasteiger partial charge on any atom is -0.393 e. The number of hydrogen-bond donors (Lipinski definition) is 2. The fourth-order valence-electron chi connectivity index (χ4n) is 1.92. The zero-order valence-electron chi connectivity index (χ0n) is 8.85. The molecule has 5 heteroatoms. The van der Waals surface area contributed by atoms with Crippen molar-refractivity contribution in [2.75, 3.05) is 5.32 Å². The van der Waals surface area contributed by atoms with Gasteiger partial charge in [0.15, 0.2) is 0 Å². The number of aliphatic hydroxyl groups is 1. The van der Waals surface area contributed by atoms with Gasteiger partial charge in [0.05, 0.1) is 18.0 Å². The summed E-state index contributed by atoms with van der Waals surface area (Å²) in [6, 6.07) is 0.275. The van der Waals surface area contributed by atoms with E-state index in [1.807, 2.05) is 6.92 Å². The van der Waals surface area contributed by atoms with Crippen LogP contribution in [0.2, 0.25) is 0 Å². The molecule has 1 aliphatic carbocycles. The first-order valence-corrected chi connectivity index (χ1v) is 5.35. The lowest BCUT2D eigenvalue weighted by molar-refractivity contribution is 0.124. The van der Waals surface area contributed by atoms with Crippen molar-refractivity contribution in [2.45, 2.75) is 44.8 Å². The van der Waals surface area contributed by atoms with E-state index in [9.17, 15) is 5.11 Å². The Hall–Kier alpha value is -1.23. The van der Waals surface area contributed by atoms with Crippen molar-refractivity contribution in [3.8, 4) is 0 Å². The summed E-state index contributed by atoms with van der Waals surface area (Å²) < 4.78 is 0. The van der Waals surface area contributed by atoms with Crippen LogP contribution in [0.25, 0.3) is 0 Å².